The van der Waals surface area contributed by atoms with Crippen molar-refractivity contribution in [2.45, 2.75) is 45.2 Å². The third-order valence-electron chi connectivity index (χ3n) is 8.06. The maximum Gasteiger partial charge on any atom is 0.321 e. The van der Waals surface area contributed by atoms with Crippen molar-refractivity contribution in [2.75, 3.05) is 19.8 Å². The smallest absolute Gasteiger partial charge is 0.321 e. The summed E-state index contributed by atoms with van der Waals surface area (Å²) in [6.07, 6.45) is 1.09. The number of carboxylic acid groups (broad SMARTS) is 1. The molecule has 2 N–H and O–H groups in total. The molecule has 1 aromatic heterocycles. The van der Waals surface area contributed by atoms with E-state index in [9.17, 15) is 25.1 Å². The van der Waals surface area contributed by atoms with E-state index in [2.05, 4.69) is 6.07 Å². The van der Waals surface area contributed by atoms with Crippen molar-refractivity contribution in [1.29, 1.82) is 5.26 Å². The van der Waals surface area contributed by atoms with Gasteiger partial charge in [-0.3, -0.25) is 19.1 Å². The number of aryl methyl sites for hydroxylation is 1. The number of aliphatic hydroxyl groups is 1. The number of β-amino-alcohol motifs (C(OH)–C–C–N with tert-alkyl or cyclic N) is 1. The van der Waals surface area contributed by atoms with Crippen LogP contribution in [0.2, 0.25) is 0 Å². The van der Waals surface area contributed by atoms with Crippen LogP contribution >= 0.6 is 0 Å². The molecule has 236 valence electrons. The molecule has 0 amide bonds. The van der Waals surface area contributed by atoms with Gasteiger partial charge in [0.2, 0.25) is 0 Å². The Morgan fingerprint density at radius 1 is 0.978 bits per heavy atom. The van der Waals surface area contributed by atoms with Crippen LogP contribution in [0.5, 0.6) is 23.0 Å². The second kappa shape index (κ2) is 13.4. The van der Waals surface area contributed by atoms with Crippen molar-refractivity contribution in [3.63, 3.8) is 0 Å². The van der Waals surface area contributed by atoms with Crippen molar-refractivity contribution in [2.24, 2.45) is 0 Å². The summed E-state index contributed by atoms with van der Waals surface area (Å²) in [4.78, 5) is 27.1. The van der Waals surface area contributed by atoms with E-state index in [0.717, 1.165) is 16.7 Å². The second-order valence-electron chi connectivity index (χ2n) is 11.3. The van der Waals surface area contributed by atoms with Gasteiger partial charge in [-0.1, -0.05) is 12.1 Å². The van der Waals surface area contributed by atoms with Gasteiger partial charge in [0.05, 0.1) is 29.0 Å². The normalized spacial score (nSPS) is 17.3. The molecule has 11 nitrogen and oxygen atoms in total. The van der Waals surface area contributed by atoms with Gasteiger partial charge in [-0.05, 0) is 60.5 Å². The number of likely N-dealkylation sites (tertiary alicyclic amines) is 1. The lowest BCUT2D eigenvalue weighted by Gasteiger charge is -2.23. The van der Waals surface area contributed by atoms with E-state index in [4.69, 9.17) is 18.9 Å². The van der Waals surface area contributed by atoms with E-state index in [1.54, 1.807) is 65.7 Å². The first kappa shape index (κ1) is 30.7. The highest BCUT2D eigenvalue weighted by molar-refractivity contribution is 5.74. The maximum atomic E-state index is 13.5. The molecule has 0 spiro atoms. The third-order valence-corrected chi connectivity index (χ3v) is 8.06. The van der Waals surface area contributed by atoms with E-state index in [0.29, 0.717) is 53.0 Å². The summed E-state index contributed by atoms with van der Waals surface area (Å²) in [6, 6.07) is 20.8. The summed E-state index contributed by atoms with van der Waals surface area (Å²) in [5.74, 6) is 1.19. The van der Waals surface area contributed by atoms with Crippen LogP contribution in [0.1, 0.15) is 34.2 Å². The Morgan fingerprint density at radius 2 is 1.78 bits per heavy atom. The second-order valence-corrected chi connectivity index (χ2v) is 11.3. The molecule has 2 atom stereocenters. The number of aromatic nitrogens is 1. The van der Waals surface area contributed by atoms with E-state index >= 15 is 0 Å². The van der Waals surface area contributed by atoms with Crippen molar-refractivity contribution in [1.82, 2.24) is 9.47 Å². The predicted octanol–water partition coefficient (Wildman–Crippen LogP) is 3.97. The molecule has 1 unspecified atom stereocenters. The van der Waals surface area contributed by atoms with Gasteiger partial charge in [0.25, 0.3) is 5.56 Å². The van der Waals surface area contributed by atoms with Crippen LogP contribution in [0.4, 0.5) is 0 Å². The van der Waals surface area contributed by atoms with Crippen LogP contribution in [-0.2, 0) is 24.6 Å². The monoisotopic (exact) mass is 623 g/mol. The molecular formula is C35H33N3O8. The Morgan fingerprint density at radius 3 is 2.59 bits per heavy atom. The minimum Gasteiger partial charge on any atom is -0.488 e. The number of aliphatic hydroxyl groups excluding tert-OH is 1. The fourth-order valence-electron chi connectivity index (χ4n) is 5.75. The van der Waals surface area contributed by atoms with Crippen LogP contribution in [-0.4, -0.2) is 57.6 Å². The molecule has 46 heavy (non-hydrogen) atoms. The van der Waals surface area contributed by atoms with E-state index < -0.39 is 18.1 Å². The Balaban J connectivity index is 1.26. The molecule has 0 radical (unpaired) electrons. The number of carboxylic acids is 1. The molecule has 3 heterocycles. The lowest BCUT2D eigenvalue weighted by atomic mass is 10.1. The van der Waals surface area contributed by atoms with Crippen molar-refractivity contribution in [3.05, 3.63) is 111 Å². The van der Waals surface area contributed by atoms with Crippen LogP contribution in [0.25, 0.3) is 5.69 Å². The Labute approximate surface area is 265 Å². The van der Waals surface area contributed by atoms with E-state index in [1.807, 2.05) is 19.1 Å². The number of nitrogens with zero attached hydrogens (tertiary/aromatic N) is 3. The number of benzene rings is 3. The van der Waals surface area contributed by atoms with Gasteiger partial charge in [-0.25, -0.2) is 0 Å². The molecule has 2 aliphatic rings. The maximum absolute atomic E-state index is 13.5. The molecule has 0 saturated carbocycles. The number of hydrogen-bond acceptors (Lipinski definition) is 9. The van der Waals surface area contributed by atoms with E-state index in [1.165, 1.54) is 4.57 Å². The first-order valence-electron chi connectivity index (χ1n) is 14.9. The number of rotatable bonds is 10. The standard InChI is InChI=1S/C35H33N3O8/c1-22-12-26(18-37-19-28(39)15-29(37)35(41)42)32(45-20-24-5-2-4-23(13-24)17-36)16-31(22)46-21-25-6-3-9-38(34(25)40)27-7-8-30-33(14-27)44-11-10-43-30/h2-9,12-14,16,28-29,39H,10-11,15,18-21H2,1H3,(H,41,42)/t28?,29-/m1/s1. The molecule has 1 saturated heterocycles. The highest BCUT2D eigenvalue weighted by Crippen LogP contribution is 2.34. The van der Waals surface area contributed by atoms with Crippen LogP contribution in [0, 0.1) is 18.3 Å². The highest BCUT2D eigenvalue weighted by atomic mass is 16.6. The lowest BCUT2D eigenvalue weighted by molar-refractivity contribution is -0.142. The Kier molecular flexibility index (Phi) is 8.92. The topological polar surface area (TPSA) is 143 Å². The van der Waals surface area contributed by atoms with Crippen LogP contribution < -0.4 is 24.5 Å². The van der Waals surface area contributed by atoms with Crippen LogP contribution in [0.15, 0.2) is 77.7 Å². The van der Waals surface area contributed by atoms with Gasteiger partial charge < -0.3 is 29.2 Å². The van der Waals surface area contributed by atoms with Gasteiger partial charge in [0.15, 0.2) is 11.5 Å². The molecular weight excluding hydrogens is 590 g/mol. The fourth-order valence-corrected chi connectivity index (χ4v) is 5.75. The van der Waals surface area contributed by atoms with Gasteiger partial charge in [0.1, 0.15) is 44.0 Å². The molecule has 6 rings (SSSR count). The van der Waals surface area contributed by atoms with Crippen molar-refractivity contribution in [3.8, 4) is 34.8 Å². The first-order valence-corrected chi connectivity index (χ1v) is 14.9. The SMILES string of the molecule is Cc1cc(CN2CC(O)C[C@@H]2C(=O)O)c(OCc2cccc(C#N)c2)cc1OCc1cccn(-c2ccc3c(c2)OCCO3)c1=O. The summed E-state index contributed by atoms with van der Waals surface area (Å²) >= 11 is 0. The summed E-state index contributed by atoms with van der Waals surface area (Å²) in [5.41, 5.74) is 3.62. The zero-order chi connectivity index (χ0) is 32.2. The van der Waals surface area contributed by atoms with Gasteiger partial charge in [0, 0.05) is 43.4 Å². The number of aliphatic carboxylic acids is 1. The minimum absolute atomic E-state index is 0.00648. The number of pyridine rings is 1. The molecule has 0 aliphatic carbocycles. The number of carbonyl (C=O) groups is 1. The number of nitriles is 1. The first-order chi connectivity index (χ1) is 22.3. The average molecular weight is 624 g/mol. The summed E-state index contributed by atoms with van der Waals surface area (Å²) in [7, 11) is 0. The molecule has 1 fully saturated rings. The fraction of sp³-hybridized carbons (Fsp3) is 0.286. The van der Waals surface area contributed by atoms with Gasteiger partial charge in [-0.2, -0.15) is 5.26 Å². The van der Waals surface area contributed by atoms with Crippen LogP contribution in [0.3, 0.4) is 0 Å². The summed E-state index contributed by atoms with van der Waals surface area (Å²) in [6.45, 7) is 3.40. The van der Waals surface area contributed by atoms with Gasteiger partial charge in [-0.15, -0.1) is 0 Å². The van der Waals surface area contributed by atoms with Gasteiger partial charge >= 0.3 is 5.97 Å². The quantitative estimate of drug-likeness (QED) is 0.266. The molecule has 11 heteroatoms. The minimum atomic E-state index is -0.992. The molecule has 4 aromatic rings. The number of ether oxygens (including phenoxy) is 4. The summed E-state index contributed by atoms with van der Waals surface area (Å²) < 4.78 is 25.2. The largest absolute Gasteiger partial charge is 0.488 e. The Bertz CT molecular complexity index is 1860. The van der Waals surface area contributed by atoms with Crippen molar-refractivity contribution >= 4 is 5.97 Å². The van der Waals surface area contributed by atoms with Crippen molar-refractivity contribution < 1.29 is 34.0 Å². The third kappa shape index (κ3) is 6.68. The Hall–Kier alpha value is -5.31. The van der Waals surface area contributed by atoms with E-state index in [-0.39, 0.29) is 38.3 Å². The lowest BCUT2D eigenvalue weighted by Crippen LogP contribution is -2.35. The number of hydrogen-bond donors (Lipinski definition) is 2. The average Bonchev–Trinajstić information content (AvgIpc) is 3.44. The highest BCUT2D eigenvalue weighted by Gasteiger charge is 2.36. The number of fused-ring (bicyclic) bond motifs is 1. The zero-order valence-electron chi connectivity index (χ0n) is 25.2. The molecule has 0 bridgehead atoms. The summed E-state index contributed by atoms with van der Waals surface area (Å²) in [5, 5.41) is 29.2. The predicted molar refractivity (Wildman–Crippen MR) is 166 cm³/mol. The molecule has 3 aromatic carbocycles. The molecule has 2 aliphatic heterocycles. The zero-order valence-corrected chi connectivity index (χ0v) is 25.2.